The normalized spacial score (nSPS) is 47.4. The van der Waals surface area contributed by atoms with Gasteiger partial charge in [0.2, 0.25) is 0 Å². The van der Waals surface area contributed by atoms with Crippen molar-refractivity contribution in [2.24, 2.45) is 40.4 Å². The first-order chi connectivity index (χ1) is 14.4. The predicted molar refractivity (Wildman–Crippen MR) is 130 cm³/mol. The highest BCUT2D eigenvalue weighted by atomic mass is 16.3. The third kappa shape index (κ3) is 4.10. The number of rotatable bonds is 6. The van der Waals surface area contributed by atoms with Crippen molar-refractivity contribution in [3.63, 3.8) is 0 Å². The van der Waals surface area contributed by atoms with E-state index in [-0.39, 0.29) is 0 Å². The van der Waals surface area contributed by atoms with Crippen molar-refractivity contribution in [1.29, 1.82) is 0 Å². The summed E-state index contributed by atoms with van der Waals surface area (Å²) in [5, 5.41) is 21.3. The van der Waals surface area contributed by atoms with E-state index in [0.29, 0.717) is 23.2 Å². The summed E-state index contributed by atoms with van der Waals surface area (Å²) in [5.41, 5.74) is 1.25. The van der Waals surface area contributed by atoms with E-state index < -0.39 is 11.2 Å². The van der Waals surface area contributed by atoms with Crippen molar-refractivity contribution < 1.29 is 10.2 Å². The molecule has 0 saturated heterocycles. The lowest BCUT2D eigenvalue weighted by molar-refractivity contribution is -0.0714. The molecule has 31 heavy (non-hydrogen) atoms. The van der Waals surface area contributed by atoms with Crippen LogP contribution < -0.4 is 0 Å². The number of hydrogen-bond acceptors (Lipinski definition) is 2. The summed E-state index contributed by atoms with van der Waals surface area (Å²) < 4.78 is 0. The second-order valence-electron chi connectivity index (χ2n) is 13.2. The summed E-state index contributed by atoms with van der Waals surface area (Å²) >= 11 is 0. The lowest BCUT2D eigenvalue weighted by Crippen LogP contribution is -2.52. The topological polar surface area (TPSA) is 40.5 Å². The van der Waals surface area contributed by atoms with Crippen molar-refractivity contribution in [3.05, 3.63) is 24.3 Å². The molecule has 2 N–H and O–H groups in total. The standard InChI is InChI=1S/C29H48O2/c1-7-14-26(3,30)15-12-20(2)23-10-11-24-22-9-8-21-19-27(4,31)17-18-28(21,5)25(22)13-16-29(23,24)6/h7-8,20,22-25,30-31H,1,9-19H2,2-6H3/t20-,22+,23-,24+,25+,26?,27+,28+,29-/m1/s1. The first kappa shape index (κ1) is 23.6. The Labute approximate surface area is 191 Å². The third-order valence-electron chi connectivity index (χ3n) is 10.9. The molecular weight excluding hydrogens is 380 g/mol. The largest absolute Gasteiger partial charge is 0.390 e. The molecule has 0 radical (unpaired) electrons. The van der Waals surface area contributed by atoms with Gasteiger partial charge in [-0.3, -0.25) is 0 Å². The molecule has 4 aliphatic rings. The summed E-state index contributed by atoms with van der Waals surface area (Å²) in [6, 6.07) is 0. The van der Waals surface area contributed by atoms with Crippen molar-refractivity contribution in [2.45, 2.75) is 116 Å². The summed E-state index contributed by atoms with van der Waals surface area (Å²) in [6.45, 7) is 15.4. The Kier molecular flexibility index (Phi) is 6.09. The first-order valence-electron chi connectivity index (χ1n) is 13.2. The average molecular weight is 429 g/mol. The molecule has 2 nitrogen and oxygen atoms in total. The first-order valence-corrected chi connectivity index (χ1v) is 13.2. The highest BCUT2D eigenvalue weighted by Gasteiger charge is 2.59. The van der Waals surface area contributed by atoms with Crippen LogP contribution in [0.2, 0.25) is 0 Å². The number of fused-ring (bicyclic) bond motifs is 5. The molecule has 0 heterocycles. The minimum absolute atomic E-state index is 0.319. The van der Waals surface area contributed by atoms with Crippen LogP contribution in [0, 0.1) is 40.4 Å². The molecule has 0 aromatic rings. The summed E-state index contributed by atoms with van der Waals surface area (Å²) in [5.74, 6) is 3.96. The Bertz CT molecular complexity index is 718. The average Bonchev–Trinajstić information content (AvgIpc) is 3.04. The maximum absolute atomic E-state index is 10.7. The highest BCUT2D eigenvalue weighted by Crippen LogP contribution is 2.67. The van der Waals surface area contributed by atoms with Crippen molar-refractivity contribution in [3.8, 4) is 0 Å². The zero-order valence-electron chi connectivity index (χ0n) is 20.9. The number of allylic oxidation sites excluding steroid dienone is 1. The van der Waals surface area contributed by atoms with Crippen LogP contribution in [0.4, 0.5) is 0 Å². The second kappa shape index (κ2) is 8.01. The van der Waals surface area contributed by atoms with Crippen LogP contribution in [-0.2, 0) is 0 Å². The molecule has 4 aliphatic carbocycles. The fourth-order valence-electron chi connectivity index (χ4n) is 8.93. The molecule has 0 bridgehead atoms. The quantitative estimate of drug-likeness (QED) is 0.445. The number of aliphatic hydroxyl groups is 2. The molecule has 0 aromatic heterocycles. The Hall–Kier alpha value is -0.600. The Morgan fingerprint density at radius 3 is 2.61 bits per heavy atom. The van der Waals surface area contributed by atoms with Crippen molar-refractivity contribution >= 4 is 0 Å². The van der Waals surface area contributed by atoms with E-state index in [1.165, 1.54) is 32.1 Å². The summed E-state index contributed by atoms with van der Waals surface area (Å²) in [4.78, 5) is 0. The monoisotopic (exact) mass is 428 g/mol. The Morgan fingerprint density at radius 2 is 1.90 bits per heavy atom. The van der Waals surface area contributed by atoms with Gasteiger partial charge in [0.25, 0.3) is 0 Å². The smallest absolute Gasteiger partial charge is 0.0657 e. The molecule has 1 unspecified atom stereocenters. The van der Waals surface area contributed by atoms with Gasteiger partial charge in [-0.15, -0.1) is 6.58 Å². The van der Waals surface area contributed by atoms with Gasteiger partial charge in [-0.1, -0.05) is 38.5 Å². The van der Waals surface area contributed by atoms with E-state index in [0.717, 1.165) is 55.8 Å². The third-order valence-corrected chi connectivity index (χ3v) is 10.9. The zero-order valence-corrected chi connectivity index (χ0v) is 20.9. The molecule has 9 atom stereocenters. The Morgan fingerprint density at radius 1 is 1.16 bits per heavy atom. The van der Waals surface area contributed by atoms with Crippen LogP contribution >= 0.6 is 0 Å². The van der Waals surface area contributed by atoms with Gasteiger partial charge < -0.3 is 10.2 Å². The Balaban J connectivity index is 1.49. The SMILES string of the molecule is C=CCC(C)(O)CC[C@@H](C)[C@H]1CC[C@H]2[C@@H]3CC=C4C[C@@](C)(O)CC[C@]4(C)[C@H]3CC[C@]12C. The van der Waals surface area contributed by atoms with Crippen molar-refractivity contribution in [2.75, 3.05) is 0 Å². The summed E-state index contributed by atoms with van der Waals surface area (Å²) in [6.07, 6.45) is 16.9. The lowest BCUT2D eigenvalue weighted by Gasteiger charge is -2.59. The number of hydrogen-bond donors (Lipinski definition) is 2. The van der Waals surface area contributed by atoms with Gasteiger partial charge in [-0.05, 0) is 125 Å². The molecule has 3 fully saturated rings. The van der Waals surface area contributed by atoms with E-state index in [1.807, 2.05) is 19.9 Å². The molecule has 3 saturated carbocycles. The molecule has 4 rings (SSSR count). The molecule has 0 aromatic carbocycles. The van der Waals surface area contributed by atoms with Crippen LogP contribution in [0.25, 0.3) is 0 Å². The second-order valence-corrected chi connectivity index (χ2v) is 13.2. The maximum Gasteiger partial charge on any atom is 0.0657 e. The lowest BCUT2D eigenvalue weighted by atomic mass is 9.46. The molecule has 2 heteroatoms. The summed E-state index contributed by atoms with van der Waals surface area (Å²) in [7, 11) is 0. The molecule has 0 aliphatic heterocycles. The van der Waals surface area contributed by atoms with E-state index >= 15 is 0 Å². The van der Waals surface area contributed by atoms with E-state index in [1.54, 1.807) is 5.57 Å². The molecule has 176 valence electrons. The molecule has 0 amide bonds. The molecule has 0 spiro atoms. The van der Waals surface area contributed by atoms with Gasteiger partial charge in [0.15, 0.2) is 0 Å². The van der Waals surface area contributed by atoms with Crippen LogP contribution in [0.15, 0.2) is 24.3 Å². The minimum atomic E-state index is -0.603. The maximum atomic E-state index is 10.7. The van der Waals surface area contributed by atoms with Crippen LogP contribution in [-0.4, -0.2) is 21.4 Å². The van der Waals surface area contributed by atoms with Gasteiger partial charge in [0, 0.05) is 0 Å². The van der Waals surface area contributed by atoms with E-state index in [9.17, 15) is 10.2 Å². The van der Waals surface area contributed by atoms with Gasteiger partial charge >= 0.3 is 0 Å². The van der Waals surface area contributed by atoms with Gasteiger partial charge in [-0.25, -0.2) is 0 Å². The van der Waals surface area contributed by atoms with E-state index in [4.69, 9.17) is 0 Å². The van der Waals surface area contributed by atoms with E-state index in [2.05, 4.69) is 33.4 Å². The van der Waals surface area contributed by atoms with Gasteiger partial charge in [0.1, 0.15) is 0 Å². The fourth-order valence-corrected chi connectivity index (χ4v) is 8.93. The van der Waals surface area contributed by atoms with Gasteiger partial charge in [-0.2, -0.15) is 0 Å². The fraction of sp³-hybridized carbons (Fsp3) is 0.862. The molecular formula is C29H48O2. The minimum Gasteiger partial charge on any atom is -0.390 e. The van der Waals surface area contributed by atoms with Gasteiger partial charge in [0.05, 0.1) is 11.2 Å². The van der Waals surface area contributed by atoms with Crippen LogP contribution in [0.1, 0.15) is 105 Å². The highest BCUT2D eigenvalue weighted by molar-refractivity contribution is 5.26. The predicted octanol–water partition coefficient (Wildman–Crippen LogP) is 7.06. The zero-order chi connectivity index (χ0) is 22.7. The van der Waals surface area contributed by atoms with Crippen molar-refractivity contribution in [1.82, 2.24) is 0 Å². The van der Waals surface area contributed by atoms with Crippen LogP contribution in [0.3, 0.4) is 0 Å². The van der Waals surface area contributed by atoms with Crippen LogP contribution in [0.5, 0.6) is 0 Å².